The van der Waals surface area contributed by atoms with Crippen LogP contribution in [0.3, 0.4) is 0 Å². The van der Waals surface area contributed by atoms with E-state index in [9.17, 15) is 4.79 Å². The zero-order chi connectivity index (χ0) is 13.4. The third-order valence-electron chi connectivity index (χ3n) is 3.47. The third kappa shape index (κ3) is 2.31. The molecular formula is C16H13ClOS. The zero-order valence-corrected chi connectivity index (χ0v) is 12.1. The summed E-state index contributed by atoms with van der Waals surface area (Å²) in [6, 6.07) is 13.7. The van der Waals surface area contributed by atoms with Gasteiger partial charge in [0.15, 0.2) is 5.78 Å². The molecule has 3 heteroatoms. The lowest BCUT2D eigenvalue weighted by Crippen LogP contribution is -2.12. The van der Waals surface area contributed by atoms with E-state index in [4.69, 9.17) is 11.6 Å². The van der Waals surface area contributed by atoms with Crippen molar-refractivity contribution < 1.29 is 4.79 Å². The van der Waals surface area contributed by atoms with E-state index < -0.39 is 0 Å². The van der Waals surface area contributed by atoms with Crippen molar-refractivity contribution in [2.75, 3.05) is 5.75 Å². The number of aryl methyl sites for hydroxylation is 1. The van der Waals surface area contributed by atoms with E-state index in [1.54, 1.807) is 17.8 Å². The lowest BCUT2D eigenvalue weighted by Gasteiger charge is -2.10. The van der Waals surface area contributed by atoms with Crippen LogP contribution in [-0.2, 0) is 0 Å². The molecule has 1 nitrogen and oxygen atoms in total. The molecule has 2 aromatic rings. The van der Waals surface area contributed by atoms with Gasteiger partial charge >= 0.3 is 0 Å². The topological polar surface area (TPSA) is 17.1 Å². The van der Waals surface area contributed by atoms with Gasteiger partial charge in [-0.2, -0.15) is 0 Å². The van der Waals surface area contributed by atoms with Crippen LogP contribution in [0.15, 0.2) is 47.4 Å². The first-order valence-electron chi connectivity index (χ1n) is 6.19. The Bertz CT molecular complexity index is 651. The van der Waals surface area contributed by atoms with Gasteiger partial charge in [0.2, 0.25) is 0 Å². The standard InChI is InChI=1S/C16H13ClOS/c1-10-6-7-11(8-14(10)17)16(18)13-9-19-15-5-3-2-4-12(13)15/h2-8,13H,9H2,1H3. The lowest BCUT2D eigenvalue weighted by atomic mass is 9.92. The van der Waals surface area contributed by atoms with Crippen LogP contribution in [0.5, 0.6) is 0 Å². The van der Waals surface area contributed by atoms with E-state index >= 15 is 0 Å². The summed E-state index contributed by atoms with van der Waals surface area (Å²) in [6.45, 7) is 1.94. The Labute approximate surface area is 122 Å². The molecule has 19 heavy (non-hydrogen) atoms. The van der Waals surface area contributed by atoms with Crippen molar-refractivity contribution in [1.82, 2.24) is 0 Å². The molecule has 0 saturated carbocycles. The second-order valence-electron chi connectivity index (χ2n) is 4.73. The first-order chi connectivity index (χ1) is 9.16. The quantitative estimate of drug-likeness (QED) is 0.744. The maximum atomic E-state index is 12.6. The van der Waals surface area contributed by atoms with Crippen molar-refractivity contribution in [1.29, 1.82) is 0 Å². The molecule has 2 aromatic carbocycles. The minimum atomic E-state index is -0.0417. The average Bonchev–Trinajstić information content (AvgIpc) is 2.85. The van der Waals surface area contributed by atoms with Gasteiger partial charge in [0.05, 0.1) is 5.92 Å². The summed E-state index contributed by atoms with van der Waals surface area (Å²) in [5.41, 5.74) is 2.85. The molecule has 0 aliphatic carbocycles. The van der Waals surface area contributed by atoms with E-state index in [1.807, 2.05) is 37.3 Å². The van der Waals surface area contributed by atoms with Gasteiger partial charge in [0.25, 0.3) is 0 Å². The molecule has 1 aliphatic heterocycles. The number of carbonyl (C=O) groups excluding carboxylic acids is 1. The minimum absolute atomic E-state index is 0.0417. The van der Waals surface area contributed by atoms with Gasteiger partial charge in [-0.15, -0.1) is 11.8 Å². The fraction of sp³-hybridized carbons (Fsp3) is 0.188. The number of benzene rings is 2. The van der Waals surface area contributed by atoms with E-state index in [-0.39, 0.29) is 11.7 Å². The molecule has 1 unspecified atom stereocenters. The Morgan fingerprint density at radius 2 is 2.05 bits per heavy atom. The summed E-state index contributed by atoms with van der Waals surface area (Å²) in [6.07, 6.45) is 0. The first kappa shape index (κ1) is 12.8. The van der Waals surface area contributed by atoms with Crippen LogP contribution in [0, 0.1) is 6.92 Å². The Morgan fingerprint density at radius 3 is 2.84 bits per heavy atom. The normalized spacial score (nSPS) is 17.3. The second-order valence-corrected chi connectivity index (χ2v) is 6.20. The maximum Gasteiger partial charge on any atom is 0.171 e. The molecule has 0 bridgehead atoms. The molecule has 0 aromatic heterocycles. The molecule has 0 fully saturated rings. The highest BCUT2D eigenvalue weighted by atomic mass is 35.5. The predicted molar refractivity (Wildman–Crippen MR) is 80.4 cm³/mol. The maximum absolute atomic E-state index is 12.6. The van der Waals surface area contributed by atoms with Gasteiger partial charge in [-0.25, -0.2) is 0 Å². The number of ketones is 1. The summed E-state index contributed by atoms with van der Waals surface area (Å²) in [4.78, 5) is 13.8. The number of carbonyl (C=O) groups is 1. The monoisotopic (exact) mass is 288 g/mol. The van der Waals surface area contributed by atoms with Crippen LogP contribution in [0.2, 0.25) is 5.02 Å². The number of thioether (sulfide) groups is 1. The largest absolute Gasteiger partial charge is 0.293 e. The van der Waals surface area contributed by atoms with Crippen molar-refractivity contribution in [3.05, 3.63) is 64.2 Å². The Kier molecular flexibility index (Phi) is 3.38. The molecule has 0 spiro atoms. The smallest absolute Gasteiger partial charge is 0.171 e. The van der Waals surface area contributed by atoms with Crippen molar-refractivity contribution in [2.45, 2.75) is 17.7 Å². The Hall–Kier alpha value is -1.25. The molecular weight excluding hydrogens is 276 g/mol. The summed E-state index contributed by atoms with van der Waals surface area (Å²) in [5, 5.41) is 0.657. The highest BCUT2D eigenvalue weighted by Gasteiger charge is 2.29. The fourth-order valence-electron chi connectivity index (χ4n) is 2.33. The van der Waals surface area contributed by atoms with E-state index in [1.165, 1.54) is 4.90 Å². The highest BCUT2D eigenvalue weighted by molar-refractivity contribution is 7.99. The number of rotatable bonds is 2. The highest BCUT2D eigenvalue weighted by Crippen LogP contribution is 2.41. The van der Waals surface area contributed by atoms with Crippen molar-refractivity contribution in [3.8, 4) is 0 Å². The molecule has 1 aliphatic rings. The van der Waals surface area contributed by atoms with Gasteiger partial charge in [0, 0.05) is 21.2 Å². The molecule has 3 rings (SSSR count). The average molecular weight is 289 g/mol. The molecule has 96 valence electrons. The first-order valence-corrected chi connectivity index (χ1v) is 7.55. The summed E-state index contributed by atoms with van der Waals surface area (Å²) < 4.78 is 0. The van der Waals surface area contributed by atoms with Crippen LogP contribution >= 0.6 is 23.4 Å². The van der Waals surface area contributed by atoms with Crippen LogP contribution in [0.1, 0.15) is 27.4 Å². The van der Waals surface area contributed by atoms with E-state index in [0.29, 0.717) is 10.6 Å². The Balaban J connectivity index is 1.95. The number of fused-ring (bicyclic) bond motifs is 1. The molecule has 1 atom stereocenters. The lowest BCUT2D eigenvalue weighted by molar-refractivity contribution is 0.0968. The molecule has 0 saturated heterocycles. The molecule has 0 amide bonds. The zero-order valence-electron chi connectivity index (χ0n) is 10.5. The summed E-state index contributed by atoms with van der Waals surface area (Å²) in [7, 11) is 0. The Morgan fingerprint density at radius 1 is 1.26 bits per heavy atom. The van der Waals surface area contributed by atoms with Gasteiger partial charge in [-0.05, 0) is 30.2 Å². The van der Waals surface area contributed by atoms with Crippen LogP contribution in [0.25, 0.3) is 0 Å². The third-order valence-corrected chi connectivity index (χ3v) is 5.06. The van der Waals surface area contributed by atoms with Crippen LogP contribution < -0.4 is 0 Å². The van der Waals surface area contributed by atoms with Crippen LogP contribution in [0.4, 0.5) is 0 Å². The number of Topliss-reactive ketones (excluding diaryl/α,β-unsaturated/α-hetero) is 1. The number of hydrogen-bond donors (Lipinski definition) is 0. The van der Waals surface area contributed by atoms with Gasteiger partial charge in [0.1, 0.15) is 0 Å². The fourth-order valence-corrected chi connectivity index (χ4v) is 3.74. The SMILES string of the molecule is Cc1ccc(C(=O)C2CSc3ccccc32)cc1Cl. The number of halogens is 1. The van der Waals surface area contributed by atoms with Crippen molar-refractivity contribution in [2.24, 2.45) is 0 Å². The van der Waals surface area contributed by atoms with E-state index in [2.05, 4.69) is 6.07 Å². The predicted octanol–water partition coefficient (Wildman–Crippen LogP) is 4.72. The van der Waals surface area contributed by atoms with Crippen molar-refractivity contribution in [3.63, 3.8) is 0 Å². The molecule has 0 radical (unpaired) electrons. The van der Waals surface area contributed by atoms with Gasteiger partial charge in [-0.1, -0.05) is 41.9 Å². The van der Waals surface area contributed by atoms with Gasteiger partial charge < -0.3 is 0 Å². The minimum Gasteiger partial charge on any atom is -0.293 e. The molecule has 1 heterocycles. The summed E-state index contributed by atoms with van der Waals surface area (Å²) in [5.74, 6) is 0.947. The molecule has 0 N–H and O–H groups in total. The second kappa shape index (κ2) is 5.03. The van der Waals surface area contributed by atoms with E-state index in [0.717, 1.165) is 16.9 Å². The van der Waals surface area contributed by atoms with Gasteiger partial charge in [-0.3, -0.25) is 4.79 Å². The number of hydrogen-bond acceptors (Lipinski definition) is 2. The van der Waals surface area contributed by atoms with Crippen molar-refractivity contribution >= 4 is 29.1 Å². The van der Waals surface area contributed by atoms with Crippen LogP contribution in [-0.4, -0.2) is 11.5 Å². The summed E-state index contributed by atoms with van der Waals surface area (Å²) >= 11 is 7.86.